The summed E-state index contributed by atoms with van der Waals surface area (Å²) in [6.07, 6.45) is 4.35. The first kappa shape index (κ1) is 10.2. The molecule has 0 aliphatic carbocycles. The van der Waals surface area contributed by atoms with Crippen LogP contribution in [-0.2, 0) is 0 Å². The van der Waals surface area contributed by atoms with Gasteiger partial charge in [0, 0.05) is 13.1 Å². The van der Waals surface area contributed by atoms with Crippen molar-refractivity contribution < 1.29 is 0 Å². The highest BCUT2D eigenvalue weighted by molar-refractivity contribution is 7.16. The number of nitrogen functional groups attached to an aromatic ring is 1. The van der Waals surface area contributed by atoms with Gasteiger partial charge in [0.1, 0.15) is 0 Å². The largest absolute Gasteiger partial charge is 0.391 e. The molecule has 80 valence electrons. The number of hydrogen-bond donors (Lipinski definition) is 1. The molecule has 0 atom stereocenters. The van der Waals surface area contributed by atoms with E-state index in [1.807, 2.05) is 12.3 Å². The topological polar surface area (TPSA) is 41.6 Å². The molecule has 2 heterocycles. The summed E-state index contributed by atoms with van der Waals surface area (Å²) in [5.41, 5.74) is 6.89. The zero-order valence-corrected chi connectivity index (χ0v) is 9.46. The number of rotatable bonds is 3. The minimum Gasteiger partial charge on any atom is -0.391 e. The van der Waals surface area contributed by atoms with Crippen molar-refractivity contribution in [3.05, 3.63) is 23.2 Å². The van der Waals surface area contributed by atoms with Crippen LogP contribution in [0.5, 0.6) is 0 Å². The molecule has 1 aliphatic heterocycles. The molecule has 0 unspecified atom stereocenters. The highest BCUT2D eigenvalue weighted by Gasteiger charge is 2.17. The second kappa shape index (κ2) is 4.49. The van der Waals surface area contributed by atoms with E-state index in [9.17, 15) is 0 Å². The minimum absolute atomic E-state index is 0.846. The van der Waals surface area contributed by atoms with Gasteiger partial charge >= 0.3 is 0 Å². The maximum atomic E-state index is 5.74. The van der Waals surface area contributed by atoms with Crippen molar-refractivity contribution in [2.45, 2.75) is 12.8 Å². The molecule has 4 heteroatoms. The third-order valence-corrected chi connectivity index (χ3v) is 3.48. The highest BCUT2D eigenvalue weighted by Crippen LogP contribution is 2.30. The molecule has 0 spiro atoms. The fourth-order valence-electron chi connectivity index (χ4n) is 1.84. The molecular formula is C11H15N3S. The molecule has 1 aromatic rings. The molecule has 0 bridgehead atoms. The van der Waals surface area contributed by atoms with Crippen LogP contribution in [0.3, 0.4) is 0 Å². The Labute approximate surface area is 93.9 Å². The van der Waals surface area contributed by atoms with Gasteiger partial charge in [-0.15, -0.1) is 11.3 Å². The standard InChI is InChI=1S/C11H15N3S/c1-13-8-9(14-6-2-3-7-14)10-4-5-11(12)15-10/h4-5,8H,1-3,6-7,12H2/b9-8-. The number of thiophene rings is 1. The average Bonchev–Trinajstić information content (AvgIpc) is 2.85. The molecule has 1 saturated heterocycles. The van der Waals surface area contributed by atoms with E-state index in [1.54, 1.807) is 11.3 Å². The highest BCUT2D eigenvalue weighted by atomic mass is 32.1. The minimum atomic E-state index is 0.846. The molecule has 1 fully saturated rings. The smallest absolute Gasteiger partial charge is 0.0863 e. The fraction of sp³-hybridized carbons (Fsp3) is 0.364. The Hall–Kier alpha value is -1.29. The fourth-order valence-corrected chi connectivity index (χ4v) is 2.65. The molecule has 1 aromatic heterocycles. The number of likely N-dealkylation sites (tertiary alicyclic amines) is 1. The molecule has 2 rings (SSSR count). The molecule has 0 saturated carbocycles. The van der Waals surface area contributed by atoms with Crippen molar-refractivity contribution in [3.8, 4) is 0 Å². The van der Waals surface area contributed by atoms with Gasteiger partial charge in [-0.3, -0.25) is 4.99 Å². The van der Waals surface area contributed by atoms with E-state index in [0.717, 1.165) is 23.8 Å². The Morgan fingerprint density at radius 3 is 2.73 bits per heavy atom. The Balaban J connectivity index is 2.26. The first-order valence-electron chi connectivity index (χ1n) is 5.08. The van der Waals surface area contributed by atoms with Gasteiger partial charge in [-0.25, -0.2) is 0 Å². The Morgan fingerprint density at radius 1 is 1.47 bits per heavy atom. The predicted octanol–water partition coefficient (Wildman–Crippen LogP) is 2.43. The van der Waals surface area contributed by atoms with E-state index in [1.165, 1.54) is 17.7 Å². The molecule has 0 aromatic carbocycles. The number of aliphatic imine (C=N–C) groups is 1. The third-order valence-electron chi connectivity index (χ3n) is 2.54. The molecule has 1 aliphatic rings. The third kappa shape index (κ3) is 2.21. The summed E-state index contributed by atoms with van der Waals surface area (Å²) >= 11 is 1.60. The molecule has 0 radical (unpaired) electrons. The summed E-state index contributed by atoms with van der Waals surface area (Å²) in [5.74, 6) is 0. The van der Waals surface area contributed by atoms with Gasteiger partial charge in [-0.2, -0.15) is 0 Å². The Bertz CT molecular complexity index is 375. The lowest BCUT2D eigenvalue weighted by atomic mass is 10.3. The van der Waals surface area contributed by atoms with Gasteiger partial charge in [0.15, 0.2) is 0 Å². The number of nitrogens with zero attached hydrogens (tertiary/aromatic N) is 2. The quantitative estimate of drug-likeness (QED) is 0.796. The van der Waals surface area contributed by atoms with Crippen molar-refractivity contribution in [1.82, 2.24) is 4.90 Å². The van der Waals surface area contributed by atoms with E-state index in [2.05, 4.69) is 22.7 Å². The summed E-state index contributed by atoms with van der Waals surface area (Å²) in [6, 6.07) is 3.99. The van der Waals surface area contributed by atoms with Crippen LogP contribution in [-0.4, -0.2) is 24.7 Å². The van der Waals surface area contributed by atoms with Gasteiger partial charge in [-0.05, 0) is 31.7 Å². The number of anilines is 1. The normalized spacial score (nSPS) is 17.1. The van der Waals surface area contributed by atoms with Crippen LogP contribution < -0.4 is 5.73 Å². The number of nitrogens with two attached hydrogens (primary N) is 1. The lowest BCUT2D eigenvalue weighted by Crippen LogP contribution is -2.16. The molecule has 0 amide bonds. The monoisotopic (exact) mass is 221 g/mol. The lowest BCUT2D eigenvalue weighted by molar-refractivity contribution is 0.493. The van der Waals surface area contributed by atoms with Crippen LogP contribution in [0, 0.1) is 0 Å². The van der Waals surface area contributed by atoms with Crippen LogP contribution in [0.25, 0.3) is 5.70 Å². The van der Waals surface area contributed by atoms with Gasteiger partial charge < -0.3 is 10.6 Å². The maximum Gasteiger partial charge on any atom is 0.0863 e. The van der Waals surface area contributed by atoms with Crippen LogP contribution in [0.15, 0.2) is 23.3 Å². The van der Waals surface area contributed by atoms with Crippen LogP contribution in [0.2, 0.25) is 0 Å². The van der Waals surface area contributed by atoms with E-state index < -0.39 is 0 Å². The first-order valence-corrected chi connectivity index (χ1v) is 5.89. The van der Waals surface area contributed by atoms with E-state index in [4.69, 9.17) is 5.73 Å². The van der Waals surface area contributed by atoms with Crippen LogP contribution in [0.1, 0.15) is 17.7 Å². The van der Waals surface area contributed by atoms with E-state index in [-0.39, 0.29) is 0 Å². The number of hydrogen-bond acceptors (Lipinski definition) is 4. The Morgan fingerprint density at radius 2 is 2.20 bits per heavy atom. The van der Waals surface area contributed by atoms with Crippen molar-refractivity contribution >= 4 is 28.8 Å². The average molecular weight is 221 g/mol. The molecule has 2 N–H and O–H groups in total. The van der Waals surface area contributed by atoms with Crippen LogP contribution >= 0.6 is 11.3 Å². The summed E-state index contributed by atoms with van der Waals surface area (Å²) in [4.78, 5) is 7.41. The lowest BCUT2D eigenvalue weighted by Gasteiger charge is -2.19. The predicted molar refractivity (Wildman–Crippen MR) is 67.1 cm³/mol. The summed E-state index contributed by atoms with van der Waals surface area (Å²) in [6.45, 7) is 5.75. The maximum absolute atomic E-state index is 5.74. The molecule has 15 heavy (non-hydrogen) atoms. The van der Waals surface area contributed by atoms with Gasteiger partial charge in [0.2, 0.25) is 0 Å². The summed E-state index contributed by atoms with van der Waals surface area (Å²) in [5, 5.41) is 0.846. The Kier molecular flexibility index (Phi) is 3.06. The van der Waals surface area contributed by atoms with Gasteiger partial charge in [-0.1, -0.05) is 0 Å². The van der Waals surface area contributed by atoms with Gasteiger partial charge in [0.05, 0.1) is 21.8 Å². The van der Waals surface area contributed by atoms with E-state index >= 15 is 0 Å². The summed E-state index contributed by atoms with van der Waals surface area (Å²) in [7, 11) is 0. The zero-order valence-electron chi connectivity index (χ0n) is 8.65. The summed E-state index contributed by atoms with van der Waals surface area (Å²) < 4.78 is 0. The second-order valence-corrected chi connectivity index (χ2v) is 4.71. The van der Waals surface area contributed by atoms with E-state index in [0.29, 0.717) is 0 Å². The van der Waals surface area contributed by atoms with Crippen molar-refractivity contribution in [3.63, 3.8) is 0 Å². The molecule has 3 nitrogen and oxygen atoms in total. The van der Waals surface area contributed by atoms with Crippen molar-refractivity contribution in [1.29, 1.82) is 0 Å². The zero-order chi connectivity index (χ0) is 10.7. The van der Waals surface area contributed by atoms with Gasteiger partial charge in [0.25, 0.3) is 0 Å². The van der Waals surface area contributed by atoms with Crippen LogP contribution in [0.4, 0.5) is 5.00 Å². The van der Waals surface area contributed by atoms with Crippen molar-refractivity contribution in [2.24, 2.45) is 4.99 Å². The molecular weight excluding hydrogens is 206 g/mol. The van der Waals surface area contributed by atoms with Crippen molar-refractivity contribution in [2.75, 3.05) is 18.8 Å². The second-order valence-electron chi connectivity index (χ2n) is 3.59. The SMILES string of the molecule is C=N/C=C(/c1ccc(N)s1)N1CCCC1. The first-order chi connectivity index (χ1) is 7.31.